The summed E-state index contributed by atoms with van der Waals surface area (Å²) < 4.78 is 22.4. The Bertz CT molecular complexity index is 432. The van der Waals surface area contributed by atoms with Gasteiger partial charge in [-0.05, 0) is 55.5 Å². The van der Waals surface area contributed by atoms with E-state index in [9.17, 15) is 0 Å². The van der Waals surface area contributed by atoms with E-state index in [1.165, 1.54) is 31.2 Å². The second-order valence-electron chi connectivity index (χ2n) is 6.92. The van der Waals surface area contributed by atoms with E-state index in [1.54, 1.807) is 7.11 Å². The lowest BCUT2D eigenvalue weighted by Gasteiger charge is -2.29. The van der Waals surface area contributed by atoms with Crippen LogP contribution >= 0.6 is 0 Å². The van der Waals surface area contributed by atoms with Gasteiger partial charge < -0.3 is 18.8 Å². The summed E-state index contributed by atoms with van der Waals surface area (Å²) in [6.45, 7) is 4.80. The van der Waals surface area contributed by atoms with Crippen molar-refractivity contribution in [2.45, 2.75) is 44.6 Å². The summed E-state index contributed by atoms with van der Waals surface area (Å²) in [6, 6.07) is 8.81. The molecule has 1 saturated heterocycles. The molecule has 1 aromatic carbocycles. The van der Waals surface area contributed by atoms with E-state index in [4.69, 9.17) is 18.8 Å². The average molecular weight is 332 g/mol. The van der Waals surface area contributed by atoms with Gasteiger partial charge in [-0.1, -0.05) is 24.3 Å². The van der Waals surface area contributed by atoms with Gasteiger partial charge in [0.2, 0.25) is 0 Å². The van der Waals surface area contributed by atoms with Gasteiger partial charge in [-0.3, -0.25) is 0 Å². The zero-order valence-electron chi connectivity index (χ0n) is 14.9. The standard InChI is InChI=1S/C19H29BO4/c1-3-22-19-13-23-20(24-14-19)18-10-8-17(9-11-18)16-6-4-15(5-7-16)12-21-2/h8-11,15-16,19H,3-7,12-14H2,1-2H3. The first-order chi connectivity index (χ1) is 11.8. The summed E-state index contributed by atoms with van der Waals surface area (Å²) in [4.78, 5) is 0. The monoisotopic (exact) mass is 332 g/mol. The fraction of sp³-hybridized carbons (Fsp3) is 0.684. The van der Waals surface area contributed by atoms with Crippen LogP contribution in [-0.4, -0.2) is 46.8 Å². The maximum Gasteiger partial charge on any atom is 0.494 e. The molecule has 5 heteroatoms. The smallest absolute Gasteiger partial charge is 0.404 e. The predicted octanol–water partition coefficient (Wildman–Crippen LogP) is 2.75. The molecule has 0 atom stereocenters. The van der Waals surface area contributed by atoms with E-state index in [0.717, 1.165) is 18.0 Å². The Morgan fingerprint density at radius 3 is 2.29 bits per heavy atom. The minimum absolute atomic E-state index is 0.0628. The largest absolute Gasteiger partial charge is 0.494 e. The summed E-state index contributed by atoms with van der Waals surface area (Å²) in [7, 11) is 1.55. The predicted molar refractivity (Wildman–Crippen MR) is 95.7 cm³/mol. The maximum absolute atomic E-state index is 5.79. The van der Waals surface area contributed by atoms with Gasteiger partial charge in [-0.25, -0.2) is 0 Å². The van der Waals surface area contributed by atoms with Gasteiger partial charge in [0.15, 0.2) is 0 Å². The Morgan fingerprint density at radius 1 is 1.04 bits per heavy atom. The molecular formula is C19H29BO4. The van der Waals surface area contributed by atoms with Crippen LogP contribution in [-0.2, 0) is 18.8 Å². The molecule has 0 unspecified atom stereocenters. The molecule has 132 valence electrons. The molecule has 1 aliphatic carbocycles. The number of rotatable bonds is 6. The summed E-state index contributed by atoms with van der Waals surface area (Å²) in [5.74, 6) is 1.43. The third-order valence-corrected chi connectivity index (χ3v) is 5.20. The third-order valence-electron chi connectivity index (χ3n) is 5.20. The molecule has 0 amide bonds. The second kappa shape index (κ2) is 9.00. The van der Waals surface area contributed by atoms with Crippen LogP contribution in [0.4, 0.5) is 0 Å². The van der Waals surface area contributed by atoms with Crippen molar-refractivity contribution in [1.82, 2.24) is 0 Å². The number of hydrogen-bond acceptors (Lipinski definition) is 4. The average Bonchev–Trinajstić information content (AvgIpc) is 2.64. The third kappa shape index (κ3) is 4.60. The number of methoxy groups -OCH3 is 1. The second-order valence-corrected chi connectivity index (χ2v) is 6.92. The number of hydrogen-bond donors (Lipinski definition) is 0. The Hall–Kier alpha value is -0.875. The van der Waals surface area contributed by atoms with Gasteiger partial charge in [0.05, 0.1) is 13.2 Å². The maximum atomic E-state index is 5.79. The quantitative estimate of drug-likeness (QED) is 0.751. The summed E-state index contributed by atoms with van der Waals surface area (Å²) in [5.41, 5.74) is 2.54. The van der Waals surface area contributed by atoms with Crippen molar-refractivity contribution < 1.29 is 18.8 Å². The Morgan fingerprint density at radius 2 is 1.71 bits per heavy atom. The fourth-order valence-corrected chi connectivity index (χ4v) is 3.83. The highest BCUT2D eigenvalue weighted by Gasteiger charge is 2.29. The molecule has 0 radical (unpaired) electrons. The van der Waals surface area contributed by atoms with Gasteiger partial charge in [-0.15, -0.1) is 0 Å². The molecule has 0 spiro atoms. The van der Waals surface area contributed by atoms with E-state index in [-0.39, 0.29) is 13.2 Å². The van der Waals surface area contributed by atoms with Crippen molar-refractivity contribution in [3.8, 4) is 0 Å². The van der Waals surface area contributed by atoms with Crippen molar-refractivity contribution >= 4 is 12.6 Å². The summed E-state index contributed by atoms with van der Waals surface area (Å²) in [6.07, 6.45) is 5.13. The van der Waals surface area contributed by atoms with Crippen molar-refractivity contribution in [3.63, 3.8) is 0 Å². The minimum Gasteiger partial charge on any atom is -0.404 e. The van der Waals surface area contributed by atoms with E-state index < -0.39 is 0 Å². The van der Waals surface area contributed by atoms with Crippen molar-refractivity contribution in [2.24, 2.45) is 5.92 Å². The molecule has 0 aromatic heterocycles. The first-order valence-electron chi connectivity index (χ1n) is 9.23. The van der Waals surface area contributed by atoms with E-state index in [2.05, 4.69) is 24.3 Å². The molecule has 24 heavy (non-hydrogen) atoms. The van der Waals surface area contributed by atoms with Crippen LogP contribution in [0, 0.1) is 5.92 Å². The molecule has 0 bridgehead atoms. The lowest BCUT2D eigenvalue weighted by molar-refractivity contribution is -0.0376. The molecular weight excluding hydrogens is 303 g/mol. The first-order valence-corrected chi connectivity index (χ1v) is 9.23. The van der Waals surface area contributed by atoms with Gasteiger partial charge in [-0.2, -0.15) is 0 Å². The highest BCUT2D eigenvalue weighted by atomic mass is 16.6. The van der Waals surface area contributed by atoms with Gasteiger partial charge in [0.1, 0.15) is 6.10 Å². The highest BCUT2D eigenvalue weighted by molar-refractivity contribution is 6.61. The summed E-state index contributed by atoms with van der Waals surface area (Å²) >= 11 is 0. The number of ether oxygens (including phenoxy) is 2. The van der Waals surface area contributed by atoms with Gasteiger partial charge >= 0.3 is 7.12 Å². The zero-order chi connectivity index (χ0) is 16.8. The molecule has 4 nitrogen and oxygen atoms in total. The fourth-order valence-electron chi connectivity index (χ4n) is 3.83. The highest BCUT2D eigenvalue weighted by Crippen LogP contribution is 2.35. The Balaban J connectivity index is 1.51. The van der Waals surface area contributed by atoms with E-state index in [1.807, 2.05) is 6.92 Å². The molecule has 1 aromatic rings. The molecule has 0 N–H and O–H groups in total. The molecule has 1 heterocycles. The Kier molecular flexibility index (Phi) is 6.72. The Labute approximate surface area is 146 Å². The minimum atomic E-state index is -0.256. The van der Waals surface area contributed by atoms with Gasteiger partial charge in [0, 0.05) is 20.3 Å². The van der Waals surface area contributed by atoms with Crippen LogP contribution in [0.25, 0.3) is 0 Å². The van der Waals surface area contributed by atoms with E-state index in [0.29, 0.717) is 25.7 Å². The first kappa shape index (κ1) is 17.9. The van der Waals surface area contributed by atoms with Crippen LogP contribution in [0.1, 0.15) is 44.1 Å². The van der Waals surface area contributed by atoms with Crippen LogP contribution < -0.4 is 5.46 Å². The normalized spacial score (nSPS) is 25.8. The van der Waals surface area contributed by atoms with Crippen LogP contribution in [0.2, 0.25) is 0 Å². The molecule has 3 rings (SSSR count). The lowest BCUT2D eigenvalue weighted by Crippen LogP contribution is -2.47. The summed E-state index contributed by atoms with van der Waals surface area (Å²) in [5, 5.41) is 0. The topological polar surface area (TPSA) is 36.9 Å². The van der Waals surface area contributed by atoms with Crippen LogP contribution in [0.5, 0.6) is 0 Å². The van der Waals surface area contributed by atoms with Crippen molar-refractivity contribution in [1.29, 1.82) is 0 Å². The van der Waals surface area contributed by atoms with Crippen molar-refractivity contribution in [2.75, 3.05) is 33.5 Å². The SMILES string of the molecule is CCOC1COB(c2ccc(C3CCC(COC)CC3)cc2)OC1. The van der Waals surface area contributed by atoms with Crippen molar-refractivity contribution in [3.05, 3.63) is 29.8 Å². The molecule has 2 fully saturated rings. The zero-order valence-corrected chi connectivity index (χ0v) is 14.9. The van der Waals surface area contributed by atoms with E-state index >= 15 is 0 Å². The molecule has 2 aliphatic rings. The molecule has 1 aliphatic heterocycles. The van der Waals surface area contributed by atoms with Crippen LogP contribution in [0.15, 0.2) is 24.3 Å². The molecule has 1 saturated carbocycles. The van der Waals surface area contributed by atoms with Crippen LogP contribution in [0.3, 0.4) is 0 Å². The van der Waals surface area contributed by atoms with Gasteiger partial charge in [0.25, 0.3) is 0 Å². The lowest BCUT2D eigenvalue weighted by atomic mass is 9.75. The number of benzene rings is 1.